The lowest BCUT2D eigenvalue weighted by Crippen LogP contribution is -2.39. The van der Waals surface area contributed by atoms with E-state index in [2.05, 4.69) is 0 Å². The molecular formula is C18H26N2O5. The molecule has 1 aromatic rings. The zero-order chi connectivity index (χ0) is 18.1. The van der Waals surface area contributed by atoms with E-state index in [0.717, 1.165) is 6.42 Å². The molecule has 1 saturated heterocycles. The largest absolute Gasteiger partial charge is 0.496 e. The molecule has 0 spiro atoms. The fourth-order valence-electron chi connectivity index (χ4n) is 2.75. The van der Waals surface area contributed by atoms with Crippen LogP contribution in [-0.4, -0.2) is 81.8 Å². The number of para-hydroxylation sites is 1. The minimum Gasteiger partial charge on any atom is -0.496 e. The summed E-state index contributed by atoms with van der Waals surface area (Å²) in [7, 11) is 3.14. The van der Waals surface area contributed by atoms with Gasteiger partial charge in [0.05, 0.1) is 25.9 Å². The highest BCUT2D eigenvalue weighted by Crippen LogP contribution is 2.20. The Kier molecular flexibility index (Phi) is 7.69. The van der Waals surface area contributed by atoms with Gasteiger partial charge in [0.2, 0.25) is 5.91 Å². The summed E-state index contributed by atoms with van der Waals surface area (Å²) in [5.74, 6) is 0.446. The lowest BCUT2D eigenvalue weighted by Gasteiger charge is -2.23. The average Bonchev–Trinajstić information content (AvgIpc) is 2.90. The molecule has 0 aliphatic carbocycles. The highest BCUT2D eigenvalue weighted by Gasteiger charge is 2.24. The first-order valence-corrected chi connectivity index (χ1v) is 8.44. The second-order valence-electron chi connectivity index (χ2n) is 5.77. The van der Waals surface area contributed by atoms with E-state index in [-0.39, 0.29) is 18.4 Å². The maximum Gasteiger partial charge on any atom is 0.257 e. The topological polar surface area (TPSA) is 68.3 Å². The molecule has 0 N–H and O–H groups in total. The van der Waals surface area contributed by atoms with Crippen molar-refractivity contribution in [1.82, 2.24) is 9.80 Å². The summed E-state index contributed by atoms with van der Waals surface area (Å²) in [6.07, 6.45) is 0.741. The highest BCUT2D eigenvalue weighted by molar-refractivity contribution is 5.97. The number of hydrogen-bond acceptors (Lipinski definition) is 5. The molecule has 2 rings (SSSR count). The van der Waals surface area contributed by atoms with E-state index in [4.69, 9.17) is 14.2 Å². The molecule has 1 heterocycles. The normalized spacial score (nSPS) is 15.0. The molecule has 0 bridgehead atoms. The minimum atomic E-state index is -0.0666. The van der Waals surface area contributed by atoms with Gasteiger partial charge in [0.25, 0.3) is 5.91 Å². The van der Waals surface area contributed by atoms with E-state index in [1.807, 2.05) is 12.1 Å². The van der Waals surface area contributed by atoms with E-state index in [1.165, 1.54) is 0 Å². The Hall–Kier alpha value is -2.12. The third-order valence-electron chi connectivity index (χ3n) is 4.13. The molecule has 25 heavy (non-hydrogen) atoms. The van der Waals surface area contributed by atoms with Gasteiger partial charge in [-0.1, -0.05) is 12.1 Å². The Bertz CT molecular complexity index is 578. The fraction of sp³-hybridized carbons (Fsp3) is 0.556. The fourth-order valence-corrected chi connectivity index (χ4v) is 2.75. The maximum absolute atomic E-state index is 12.8. The number of ether oxygens (including phenoxy) is 3. The van der Waals surface area contributed by atoms with Crippen molar-refractivity contribution >= 4 is 11.8 Å². The number of amides is 2. The minimum absolute atomic E-state index is 0.0455. The first-order valence-electron chi connectivity index (χ1n) is 8.44. The molecule has 1 aliphatic rings. The van der Waals surface area contributed by atoms with Gasteiger partial charge in [-0.15, -0.1) is 0 Å². The van der Waals surface area contributed by atoms with Crippen LogP contribution in [0.1, 0.15) is 16.8 Å². The zero-order valence-corrected chi connectivity index (χ0v) is 14.9. The van der Waals surface area contributed by atoms with Crippen LogP contribution in [-0.2, 0) is 14.3 Å². The van der Waals surface area contributed by atoms with Gasteiger partial charge in [-0.2, -0.15) is 0 Å². The summed E-state index contributed by atoms with van der Waals surface area (Å²) in [6.45, 7) is 3.16. The second-order valence-corrected chi connectivity index (χ2v) is 5.77. The maximum atomic E-state index is 12.8. The van der Waals surface area contributed by atoms with E-state index in [0.29, 0.717) is 50.7 Å². The van der Waals surface area contributed by atoms with Crippen LogP contribution >= 0.6 is 0 Å². The van der Waals surface area contributed by atoms with Crippen molar-refractivity contribution in [2.45, 2.75) is 6.42 Å². The van der Waals surface area contributed by atoms with Crippen LogP contribution in [0.2, 0.25) is 0 Å². The van der Waals surface area contributed by atoms with Crippen LogP contribution in [0.25, 0.3) is 0 Å². The molecule has 138 valence electrons. The number of carbonyl (C=O) groups is 2. The summed E-state index contributed by atoms with van der Waals surface area (Å²) < 4.78 is 15.4. The molecular weight excluding hydrogens is 324 g/mol. The Morgan fingerprint density at radius 2 is 1.72 bits per heavy atom. The smallest absolute Gasteiger partial charge is 0.257 e. The summed E-state index contributed by atoms with van der Waals surface area (Å²) in [5.41, 5.74) is 0.549. The van der Waals surface area contributed by atoms with Gasteiger partial charge >= 0.3 is 0 Å². The molecule has 0 radical (unpaired) electrons. The predicted molar refractivity (Wildman–Crippen MR) is 92.8 cm³/mol. The lowest BCUT2D eigenvalue weighted by atomic mass is 10.1. The third kappa shape index (κ3) is 5.44. The van der Waals surface area contributed by atoms with Crippen molar-refractivity contribution in [3.05, 3.63) is 29.8 Å². The van der Waals surface area contributed by atoms with Crippen molar-refractivity contribution in [2.75, 3.05) is 60.2 Å². The van der Waals surface area contributed by atoms with Gasteiger partial charge in [0.15, 0.2) is 0 Å². The van der Waals surface area contributed by atoms with Gasteiger partial charge in [-0.25, -0.2) is 0 Å². The van der Waals surface area contributed by atoms with E-state index < -0.39 is 0 Å². The van der Waals surface area contributed by atoms with E-state index >= 15 is 0 Å². The van der Waals surface area contributed by atoms with E-state index in [1.54, 1.807) is 36.2 Å². The van der Waals surface area contributed by atoms with Gasteiger partial charge in [0, 0.05) is 33.3 Å². The molecule has 2 amide bonds. The van der Waals surface area contributed by atoms with Crippen molar-refractivity contribution in [2.24, 2.45) is 0 Å². The first-order chi connectivity index (χ1) is 12.2. The van der Waals surface area contributed by atoms with Crippen LogP contribution < -0.4 is 4.74 Å². The Balaban J connectivity index is 1.90. The number of benzene rings is 1. The molecule has 7 nitrogen and oxygen atoms in total. The molecule has 0 saturated carbocycles. The monoisotopic (exact) mass is 350 g/mol. The first kappa shape index (κ1) is 19.2. The number of methoxy groups -OCH3 is 2. The van der Waals surface area contributed by atoms with Gasteiger partial charge in [-0.05, 0) is 18.6 Å². The second kappa shape index (κ2) is 10.0. The number of rotatable bonds is 7. The van der Waals surface area contributed by atoms with Crippen molar-refractivity contribution in [3.8, 4) is 5.75 Å². The number of nitrogens with zero attached hydrogens (tertiary/aromatic N) is 2. The van der Waals surface area contributed by atoms with E-state index in [9.17, 15) is 9.59 Å². The van der Waals surface area contributed by atoms with Crippen molar-refractivity contribution in [3.63, 3.8) is 0 Å². The SMILES string of the molecule is COCCOCC(=O)N1CCCN(C(=O)c2ccccc2OC)CC1. The highest BCUT2D eigenvalue weighted by atomic mass is 16.5. The van der Waals surface area contributed by atoms with Crippen LogP contribution in [0.3, 0.4) is 0 Å². The Morgan fingerprint density at radius 3 is 2.48 bits per heavy atom. The molecule has 1 aliphatic heterocycles. The van der Waals surface area contributed by atoms with Gasteiger partial charge in [-0.3, -0.25) is 9.59 Å². The Labute approximate surface area is 148 Å². The Morgan fingerprint density at radius 1 is 1.00 bits per heavy atom. The predicted octanol–water partition coefficient (Wildman–Crippen LogP) is 1.03. The molecule has 0 aromatic heterocycles. The van der Waals surface area contributed by atoms with Crippen LogP contribution in [0.15, 0.2) is 24.3 Å². The van der Waals surface area contributed by atoms with Crippen molar-refractivity contribution in [1.29, 1.82) is 0 Å². The van der Waals surface area contributed by atoms with Crippen LogP contribution in [0, 0.1) is 0 Å². The molecule has 1 aromatic carbocycles. The van der Waals surface area contributed by atoms with Crippen LogP contribution in [0.4, 0.5) is 0 Å². The number of carbonyl (C=O) groups excluding carboxylic acids is 2. The standard InChI is InChI=1S/C18H26N2O5/c1-23-12-13-25-14-17(21)19-8-5-9-20(11-10-19)18(22)15-6-3-4-7-16(15)24-2/h3-4,6-7H,5,8-14H2,1-2H3. The zero-order valence-electron chi connectivity index (χ0n) is 14.9. The average molecular weight is 350 g/mol. The quantitative estimate of drug-likeness (QED) is 0.687. The summed E-state index contributed by atoms with van der Waals surface area (Å²) in [4.78, 5) is 28.5. The molecule has 0 unspecified atom stereocenters. The van der Waals surface area contributed by atoms with Gasteiger partial charge < -0.3 is 24.0 Å². The van der Waals surface area contributed by atoms with Crippen molar-refractivity contribution < 1.29 is 23.8 Å². The lowest BCUT2D eigenvalue weighted by molar-refractivity contribution is -0.136. The molecule has 1 fully saturated rings. The van der Waals surface area contributed by atoms with Crippen LogP contribution in [0.5, 0.6) is 5.75 Å². The summed E-state index contributed by atoms with van der Waals surface area (Å²) in [5, 5.41) is 0. The molecule has 7 heteroatoms. The number of hydrogen-bond donors (Lipinski definition) is 0. The molecule has 0 atom stereocenters. The summed E-state index contributed by atoms with van der Waals surface area (Å²) in [6, 6.07) is 7.19. The summed E-state index contributed by atoms with van der Waals surface area (Å²) >= 11 is 0. The third-order valence-corrected chi connectivity index (χ3v) is 4.13. The van der Waals surface area contributed by atoms with Gasteiger partial charge in [0.1, 0.15) is 12.4 Å².